The van der Waals surface area contributed by atoms with Gasteiger partial charge in [-0.3, -0.25) is 9.78 Å². The fourth-order valence-electron chi connectivity index (χ4n) is 1.27. The molecule has 4 nitrogen and oxygen atoms in total. The Labute approximate surface area is 105 Å². The van der Waals surface area contributed by atoms with Crippen molar-refractivity contribution < 1.29 is 18.3 Å². The van der Waals surface area contributed by atoms with Crippen molar-refractivity contribution in [1.29, 1.82) is 0 Å². The summed E-state index contributed by atoms with van der Waals surface area (Å²) in [6, 6.07) is 0. The molecule has 1 rings (SSSR count). The average Bonchev–Trinajstić information content (AvgIpc) is 2.23. The number of alkyl halides is 2. The molecule has 0 aliphatic rings. The summed E-state index contributed by atoms with van der Waals surface area (Å²) in [5.41, 5.74) is 5.17. The number of nitrogens with zero attached hydrogens (tertiary/aromatic N) is 1. The Bertz CT molecular complexity index is 427. The molecule has 1 aromatic heterocycles. The predicted octanol–water partition coefficient (Wildman–Crippen LogP) is 2.47. The summed E-state index contributed by atoms with van der Waals surface area (Å²) in [5.74, 6) is -0.599. The van der Waals surface area contributed by atoms with E-state index in [0.717, 1.165) is 0 Å². The summed E-state index contributed by atoms with van der Waals surface area (Å²) in [7, 11) is 0. The van der Waals surface area contributed by atoms with Gasteiger partial charge in [-0.15, -0.1) is 0 Å². The van der Waals surface area contributed by atoms with Gasteiger partial charge in [0.2, 0.25) is 0 Å². The largest absolute Gasteiger partial charge is 0.466 e. The van der Waals surface area contributed by atoms with E-state index >= 15 is 0 Å². The Balaban J connectivity index is 3.07. The van der Waals surface area contributed by atoms with E-state index in [9.17, 15) is 13.6 Å². The quantitative estimate of drug-likeness (QED) is 0.868. The van der Waals surface area contributed by atoms with Crippen LogP contribution in [0.15, 0.2) is 10.7 Å². The first-order chi connectivity index (χ1) is 7.97. The molecule has 0 radical (unpaired) electrons. The average molecular weight is 309 g/mol. The summed E-state index contributed by atoms with van der Waals surface area (Å²) in [6.45, 7) is 1.83. The normalized spacial score (nSPS) is 10.6. The highest BCUT2D eigenvalue weighted by atomic mass is 79.9. The molecule has 0 bridgehead atoms. The van der Waals surface area contributed by atoms with Crippen molar-refractivity contribution >= 4 is 27.6 Å². The van der Waals surface area contributed by atoms with Crippen LogP contribution in [-0.4, -0.2) is 17.6 Å². The Morgan fingerprint density at radius 3 is 2.82 bits per heavy atom. The zero-order valence-corrected chi connectivity index (χ0v) is 10.6. The third-order valence-electron chi connectivity index (χ3n) is 2.00. The van der Waals surface area contributed by atoms with Gasteiger partial charge in [-0.25, -0.2) is 8.78 Å². The molecule has 0 fully saturated rings. The number of hydrogen-bond donors (Lipinski definition) is 1. The fraction of sp³-hybridized carbons (Fsp3) is 0.400. The van der Waals surface area contributed by atoms with Gasteiger partial charge in [0, 0.05) is 0 Å². The van der Waals surface area contributed by atoms with E-state index in [4.69, 9.17) is 5.73 Å². The smallest absolute Gasteiger partial charge is 0.311 e. The number of aromatic nitrogens is 1. The molecule has 0 aliphatic heterocycles. The zero-order valence-electron chi connectivity index (χ0n) is 9.04. The Morgan fingerprint density at radius 2 is 2.29 bits per heavy atom. The SMILES string of the molecule is CCOC(=O)Cc1ncc(N)c(Br)c1C(F)F. The summed E-state index contributed by atoms with van der Waals surface area (Å²) in [5, 5.41) is 0. The first kappa shape index (κ1) is 13.8. The molecule has 0 aliphatic carbocycles. The molecule has 17 heavy (non-hydrogen) atoms. The summed E-state index contributed by atoms with van der Waals surface area (Å²) >= 11 is 2.96. The van der Waals surface area contributed by atoms with Gasteiger partial charge >= 0.3 is 5.97 Å². The Hall–Kier alpha value is -1.24. The molecule has 2 N–H and O–H groups in total. The van der Waals surface area contributed by atoms with Crippen LogP contribution in [0.3, 0.4) is 0 Å². The number of rotatable bonds is 4. The molecule has 1 heterocycles. The molecule has 0 aromatic carbocycles. The van der Waals surface area contributed by atoms with E-state index in [2.05, 4.69) is 25.7 Å². The monoisotopic (exact) mass is 308 g/mol. The predicted molar refractivity (Wildman–Crippen MR) is 61.6 cm³/mol. The maximum atomic E-state index is 12.8. The van der Waals surface area contributed by atoms with E-state index in [1.165, 1.54) is 6.20 Å². The Morgan fingerprint density at radius 1 is 1.65 bits per heavy atom. The maximum Gasteiger partial charge on any atom is 0.311 e. The highest BCUT2D eigenvalue weighted by Gasteiger charge is 2.22. The summed E-state index contributed by atoms with van der Waals surface area (Å²) in [4.78, 5) is 15.0. The lowest BCUT2D eigenvalue weighted by Crippen LogP contribution is -2.12. The van der Waals surface area contributed by atoms with E-state index in [1.807, 2.05) is 0 Å². The van der Waals surface area contributed by atoms with E-state index in [0.29, 0.717) is 0 Å². The maximum absolute atomic E-state index is 12.8. The van der Waals surface area contributed by atoms with Crippen LogP contribution in [0.2, 0.25) is 0 Å². The molecular formula is C10H11BrF2N2O2. The van der Waals surface area contributed by atoms with Crippen molar-refractivity contribution in [2.45, 2.75) is 19.8 Å². The van der Waals surface area contributed by atoms with Crippen LogP contribution in [0.25, 0.3) is 0 Å². The van der Waals surface area contributed by atoms with Gasteiger partial charge in [0.1, 0.15) is 0 Å². The lowest BCUT2D eigenvalue weighted by molar-refractivity contribution is -0.142. The number of pyridine rings is 1. The first-order valence-corrected chi connectivity index (χ1v) is 5.63. The standard InChI is InChI=1S/C10H11BrF2N2O2/c1-2-17-7(16)3-6-8(10(12)13)9(11)5(14)4-15-6/h4,10H,2-3,14H2,1H3. The molecule has 0 saturated heterocycles. The van der Waals surface area contributed by atoms with Gasteiger partial charge in [-0.05, 0) is 22.9 Å². The van der Waals surface area contributed by atoms with E-state index in [1.54, 1.807) is 6.92 Å². The topological polar surface area (TPSA) is 65.2 Å². The molecule has 94 valence electrons. The van der Waals surface area contributed by atoms with Crippen LogP contribution in [0.4, 0.5) is 14.5 Å². The van der Waals surface area contributed by atoms with Crippen molar-refractivity contribution in [3.05, 3.63) is 21.9 Å². The summed E-state index contributed by atoms with van der Waals surface area (Å²) in [6.07, 6.45) is -1.83. The second-order valence-corrected chi connectivity index (χ2v) is 3.96. The number of hydrogen-bond acceptors (Lipinski definition) is 4. The van der Waals surface area contributed by atoms with Gasteiger partial charge in [-0.1, -0.05) is 0 Å². The highest BCUT2D eigenvalue weighted by molar-refractivity contribution is 9.10. The fourth-order valence-corrected chi connectivity index (χ4v) is 1.77. The van der Waals surface area contributed by atoms with Crippen molar-refractivity contribution in [3.63, 3.8) is 0 Å². The van der Waals surface area contributed by atoms with Gasteiger partial charge in [0.25, 0.3) is 6.43 Å². The lowest BCUT2D eigenvalue weighted by Gasteiger charge is -2.11. The molecule has 0 saturated carbocycles. The summed E-state index contributed by atoms with van der Waals surface area (Å²) < 4.78 is 30.4. The van der Waals surface area contributed by atoms with Crippen LogP contribution < -0.4 is 5.73 Å². The van der Waals surface area contributed by atoms with E-state index < -0.39 is 12.4 Å². The second kappa shape index (κ2) is 5.90. The number of esters is 1. The molecule has 0 unspecified atom stereocenters. The number of ether oxygens (including phenoxy) is 1. The van der Waals surface area contributed by atoms with Gasteiger partial charge < -0.3 is 10.5 Å². The molecule has 7 heteroatoms. The minimum absolute atomic E-state index is 0.0282. The van der Waals surface area contributed by atoms with E-state index in [-0.39, 0.29) is 34.4 Å². The van der Waals surface area contributed by atoms with Crippen LogP contribution in [-0.2, 0) is 16.0 Å². The number of nitrogen functional groups attached to an aromatic ring is 1. The highest BCUT2D eigenvalue weighted by Crippen LogP contribution is 2.33. The van der Waals surface area contributed by atoms with Crippen molar-refractivity contribution in [2.24, 2.45) is 0 Å². The first-order valence-electron chi connectivity index (χ1n) is 4.83. The number of nitrogens with two attached hydrogens (primary N) is 1. The van der Waals surface area contributed by atoms with Gasteiger partial charge in [0.05, 0.1) is 40.6 Å². The zero-order chi connectivity index (χ0) is 13.0. The second-order valence-electron chi connectivity index (χ2n) is 3.17. The third kappa shape index (κ3) is 3.36. The minimum atomic E-state index is -2.76. The lowest BCUT2D eigenvalue weighted by atomic mass is 10.1. The van der Waals surface area contributed by atoms with Crippen molar-refractivity contribution in [1.82, 2.24) is 4.98 Å². The number of carbonyl (C=O) groups is 1. The minimum Gasteiger partial charge on any atom is -0.466 e. The number of anilines is 1. The van der Waals surface area contributed by atoms with Crippen LogP contribution >= 0.6 is 15.9 Å². The van der Waals surface area contributed by atoms with Crippen molar-refractivity contribution in [2.75, 3.05) is 12.3 Å². The molecule has 0 amide bonds. The Kier molecular flexibility index (Phi) is 4.80. The molecular weight excluding hydrogens is 298 g/mol. The van der Waals surface area contributed by atoms with Gasteiger partial charge in [0.15, 0.2) is 0 Å². The van der Waals surface area contributed by atoms with Crippen LogP contribution in [0.5, 0.6) is 0 Å². The molecule has 0 spiro atoms. The number of halogens is 3. The van der Waals surface area contributed by atoms with Crippen LogP contribution in [0, 0.1) is 0 Å². The number of carbonyl (C=O) groups excluding carboxylic acids is 1. The molecule has 0 atom stereocenters. The molecule has 1 aromatic rings. The van der Waals surface area contributed by atoms with Gasteiger partial charge in [-0.2, -0.15) is 0 Å². The third-order valence-corrected chi connectivity index (χ3v) is 2.88. The van der Waals surface area contributed by atoms with Crippen molar-refractivity contribution in [3.8, 4) is 0 Å². The van der Waals surface area contributed by atoms with Crippen LogP contribution in [0.1, 0.15) is 24.6 Å².